The van der Waals surface area contributed by atoms with Crippen molar-refractivity contribution in [2.24, 2.45) is 40.1 Å². The Bertz CT molecular complexity index is 1350. The van der Waals surface area contributed by atoms with Gasteiger partial charge in [-0.25, -0.2) is 0 Å². The highest BCUT2D eigenvalue weighted by Gasteiger charge is 2.54. The fourth-order valence-corrected chi connectivity index (χ4v) is 9.53. The van der Waals surface area contributed by atoms with E-state index >= 15 is 0 Å². The van der Waals surface area contributed by atoms with E-state index in [1.165, 1.54) is 14.0 Å². The number of aliphatic imine (C=N–C) groups is 1. The highest BCUT2D eigenvalue weighted by molar-refractivity contribution is 5.75. The van der Waals surface area contributed by atoms with Gasteiger partial charge >= 0.3 is 5.97 Å². The molecule has 0 aliphatic carbocycles. The van der Waals surface area contributed by atoms with E-state index < -0.39 is 108 Å². The monoisotopic (exact) mass is 849 g/mol. The van der Waals surface area contributed by atoms with Crippen molar-refractivity contribution in [3.8, 4) is 0 Å². The first-order valence-electron chi connectivity index (χ1n) is 21.5. The molecule has 3 aliphatic rings. The van der Waals surface area contributed by atoms with Gasteiger partial charge in [-0.3, -0.25) is 14.7 Å². The van der Waals surface area contributed by atoms with Crippen LogP contribution in [0.2, 0.25) is 0 Å². The van der Waals surface area contributed by atoms with Crippen LogP contribution < -0.4 is 11.5 Å². The smallest absolute Gasteiger partial charge is 0.311 e. The minimum absolute atomic E-state index is 0.0233. The average molecular weight is 849 g/mol. The number of nitrogens with zero attached hydrogens (tertiary/aromatic N) is 2. The first kappa shape index (κ1) is 51.6. The van der Waals surface area contributed by atoms with Crippen LogP contribution in [-0.4, -0.2) is 166 Å². The molecule has 9 N–H and O–H groups in total. The Labute approximate surface area is 352 Å². The standard InChI is InChI=1S/C42H80N4O13/c1-15-29-42(12,52)34(48)24(6)32(54-17-16-45-39(43)44)22(4)19-40(10,51)36(59-38-31(47)28(18-23(5)55-38)46(13)21(2)3)25(7)33(26(8)37(50)57-29)58-30-20-41(11,53-14)35(49)27(9)56-30/h21-36,38,47-49,51-52H,15-20H2,1-14H3,(H4,43,44,45)/t22-,23-,24+,25+,26-,27+,28+,29-,30+,31-,32+,33+,34-,35+,36-,38+,40-,41-,42-/m1/s1. The Morgan fingerprint density at radius 2 is 1.58 bits per heavy atom. The lowest BCUT2D eigenvalue weighted by atomic mass is 9.73. The van der Waals surface area contributed by atoms with Crippen molar-refractivity contribution < 1.29 is 63.5 Å². The molecule has 3 saturated heterocycles. The van der Waals surface area contributed by atoms with Crippen LogP contribution in [0, 0.1) is 23.7 Å². The van der Waals surface area contributed by atoms with Gasteiger partial charge < -0.3 is 70.2 Å². The molecule has 19 atom stereocenters. The van der Waals surface area contributed by atoms with Crippen molar-refractivity contribution in [1.29, 1.82) is 0 Å². The number of carbonyl (C=O) groups is 1. The maximum absolute atomic E-state index is 14.4. The van der Waals surface area contributed by atoms with Crippen molar-refractivity contribution in [2.45, 2.75) is 205 Å². The Balaban J connectivity index is 2.24. The van der Waals surface area contributed by atoms with Gasteiger partial charge in [0, 0.05) is 37.5 Å². The lowest BCUT2D eigenvalue weighted by Gasteiger charge is -2.50. The molecule has 3 heterocycles. The highest BCUT2D eigenvalue weighted by Crippen LogP contribution is 2.42. The molecule has 0 aromatic rings. The van der Waals surface area contributed by atoms with E-state index in [2.05, 4.69) is 9.89 Å². The van der Waals surface area contributed by atoms with Crippen LogP contribution in [0.4, 0.5) is 0 Å². The fraction of sp³-hybridized carbons (Fsp3) is 0.952. The van der Waals surface area contributed by atoms with E-state index in [0.29, 0.717) is 6.42 Å². The molecule has 3 rings (SSSR count). The number of esters is 1. The lowest BCUT2D eigenvalue weighted by molar-refractivity contribution is -0.319. The van der Waals surface area contributed by atoms with Gasteiger partial charge in [0.2, 0.25) is 0 Å². The molecule has 0 amide bonds. The SMILES string of the molecule is CC[C@H]1OC(=O)[C@H](C)[C@@H](O[C@H]2C[C@@](C)(OC)[C@@H](O)[C@H](C)O2)[C@H](C)[C@@H](O[C@@H]2O[C@H](C)C[C@H](N(C)C(C)C)[C@H]2O)[C@](C)(O)C[C@@H](C)[C@H](OCCN=C(N)N)[C@H](C)[C@@H](O)[C@]1(C)O. The average Bonchev–Trinajstić information content (AvgIpc) is 3.15. The molecule has 17 heteroatoms. The predicted molar refractivity (Wildman–Crippen MR) is 221 cm³/mol. The zero-order valence-corrected chi connectivity index (χ0v) is 38.1. The summed E-state index contributed by atoms with van der Waals surface area (Å²) in [5, 5.41) is 59.6. The first-order valence-corrected chi connectivity index (χ1v) is 21.5. The molecule has 17 nitrogen and oxygen atoms in total. The normalized spacial score (nSPS) is 45.8. The van der Waals surface area contributed by atoms with Crippen LogP contribution in [-0.2, 0) is 38.0 Å². The number of hydrogen-bond donors (Lipinski definition) is 7. The number of methoxy groups -OCH3 is 1. The number of carbonyl (C=O) groups excluding carboxylic acids is 1. The molecule has 0 aromatic heterocycles. The third kappa shape index (κ3) is 12.3. The summed E-state index contributed by atoms with van der Waals surface area (Å²) in [7, 11) is 3.43. The van der Waals surface area contributed by atoms with E-state index in [9.17, 15) is 30.3 Å². The van der Waals surface area contributed by atoms with Gasteiger partial charge in [0.25, 0.3) is 0 Å². The molecule has 0 saturated carbocycles. The van der Waals surface area contributed by atoms with Crippen molar-refractivity contribution >= 4 is 11.9 Å². The number of hydrogen-bond acceptors (Lipinski definition) is 15. The van der Waals surface area contributed by atoms with Crippen LogP contribution in [0.3, 0.4) is 0 Å². The number of ether oxygens (including phenoxy) is 7. The summed E-state index contributed by atoms with van der Waals surface area (Å²) in [5.74, 6) is -4.01. The molecule has 3 fully saturated rings. The van der Waals surface area contributed by atoms with Crippen molar-refractivity contribution in [3.63, 3.8) is 0 Å². The van der Waals surface area contributed by atoms with Gasteiger partial charge in [-0.15, -0.1) is 0 Å². The summed E-state index contributed by atoms with van der Waals surface area (Å²) in [5.41, 5.74) is 6.40. The van der Waals surface area contributed by atoms with E-state index in [0.717, 1.165) is 0 Å². The van der Waals surface area contributed by atoms with Crippen molar-refractivity contribution in [2.75, 3.05) is 27.3 Å². The molecule has 0 bridgehead atoms. The van der Waals surface area contributed by atoms with E-state index in [1.54, 1.807) is 48.5 Å². The van der Waals surface area contributed by atoms with Crippen LogP contribution in [0.25, 0.3) is 0 Å². The predicted octanol–water partition coefficient (Wildman–Crippen LogP) is 1.65. The topological polar surface area (TPSA) is 250 Å². The second-order valence-electron chi connectivity index (χ2n) is 18.7. The minimum atomic E-state index is -1.94. The van der Waals surface area contributed by atoms with Crippen LogP contribution >= 0.6 is 0 Å². The number of nitrogens with two attached hydrogens (primary N) is 2. The Morgan fingerprint density at radius 3 is 2.14 bits per heavy atom. The molecule has 346 valence electrons. The maximum Gasteiger partial charge on any atom is 0.311 e. The van der Waals surface area contributed by atoms with Crippen molar-refractivity contribution in [1.82, 2.24) is 4.90 Å². The lowest BCUT2D eigenvalue weighted by Crippen LogP contribution is -2.62. The largest absolute Gasteiger partial charge is 0.459 e. The van der Waals surface area contributed by atoms with Gasteiger partial charge in [-0.2, -0.15) is 0 Å². The van der Waals surface area contributed by atoms with E-state index in [-0.39, 0.29) is 56.6 Å². The molecular formula is C42H80N4O13. The molecule has 0 spiro atoms. The fourth-order valence-electron chi connectivity index (χ4n) is 9.53. The Kier molecular flexibility index (Phi) is 18.4. The van der Waals surface area contributed by atoms with Crippen LogP contribution in [0.5, 0.6) is 0 Å². The van der Waals surface area contributed by atoms with E-state index in [1.807, 2.05) is 34.7 Å². The number of rotatable bonds is 12. The second-order valence-corrected chi connectivity index (χ2v) is 18.7. The summed E-state index contributed by atoms with van der Waals surface area (Å²) in [6.07, 6.45) is -10.1. The zero-order chi connectivity index (χ0) is 44.9. The van der Waals surface area contributed by atoms with Crippen LogP contribution in [0.1, 0.15) is 109 Å². The highest BCUT2D eigenvalue weighted by atomic mass is 16.7. The summed E-state index contributed by atoms with van der Waals surface area (Å²) < 4.78 is 44.3. The summed E-state index contributed by atoms with van der Waals surface area (Å²) in [6.45, 7) is 21.4. The van der Waals surface area contributed by atoms with Gasteiger partial charge in [0.15, 0.2) is 18.5 Å². The van der Waals surface area contributed by atoms with Gasteiger partial charge in [0.1, 0.15) is 23.9 Å². The maximum atomic E-state index is 14.4. The molecule has 0 aromatic carbocycles. The second kappa shape index (κ2) is 21.1. The molecule has 3 aliphatic heterocycles. The zero-order valence-electron chi connectivity index (χ0n) is 38.1. The third-order valence-corrected chi connectivity index (χ3v) is 13.4. The summed E-state index contributed by atoms with van der Waals surface area (Å²) in [4.78, 5) is 20.5. The Hall–Kier alpha value is -1.74. The number of aliphatic hydroxyl groups excluding tert-OH is 3. The number of cyclic esters (lactones) is 1. The van der Waals surface area contributed by atoms with E-state index in [4.69, 9.17) is 44.6 Å². The van der Waals surface area contributed by atoms with Crippen LogP contribution in [0.15, 0.2) is 4.99 Å². The molecule has 59 heavy (non-hydrogen) atoms. The first-order chi connectivity index (χ1) is 27.2. The number of likely N-dealkylation sites (N-methyl/N-ethyl adjacent to an activating group) is 1. The summed E-state index contributed by atoms with van der Waals surface area (Å²) in [6, 6.07) is -0.229. The third-order valence-electron chi connectivity index (χ3n) is 13.4. The van der Waals surface area contributed by atoms with Crippen molar-refractivity contribution in [3.05, 3.63) is 0 Å². The van der Waals surface area contributed by atoms with Gasteiger partial charge in [-0.05, 0) is 87.6 Å². The minimum Gasteiger partial charge on any atom is -0.459 e. The quantitative estimate of drug-likeness (QED) is 0.0639. The van der Waals surface area contributed by atoms with Gasteiger partial charge in [-0.1, -0.05) is 27.7 Å². The number of aliphatic hydroxyl groups is 5. The van der Waals surface area contributed by atoms with Gasteiger partial charge in [0.05, 0.1) is 66.9 Å². The molecular weight excluding hydrogens is 768 g/mol. The molecule has 0 radical (unpaired) electrons. The Morgan fingerprint density at radius 1 is 0.949 bits per heavy atom. The molecule has 0 unspecified atom stereocenters. The summed E-state index contributed by atoms with van der Waals surface area (Å²) >= 11 is 0. The number of guanidine groups is 1.